The van der Waals surface area contributed by atoms with Gasteiger partial charge in [0, 0.05) is 11.1 Å². The van der Waals surface area contributed by atoms with Crippen LogP contribution in [0.15, 0.2) is 71.3 Å². The summed E-state index contributed by atoms with van der Waals surface area (Å²) in [5.74, 6) is 1.46. The summed E-state index contributed by atoms with van der Waals surface area (Å²) < 4.78 is 11.0. The smallest absolute Gasteiger partial charge is 0.228 e. The lowest BCUT2D eigenvalue weighted by molar-refractivity contribution is -0.115. The molecule has 5 nitrogen and oxygen atoms in total. The van der Waals surface area contributed by atoms with Gasteiger partial charge in [-0.3, -0.25) is 4.79 Å². The van der Waals surface area contributed by atoms with Crippen LogP contribution in [0.5, 0.6) is 5.75 Å². The fourth-order valence-corrected chi connectivity index (χ4v) is 3.28. The molecular weight excluding hydrogens is 364 g/mol. The largest absolute Gasteiger partial charge is 0.489 e. The molecule has 29 heavy (non-hydrogen) atoms. The lowest BCUT2D eigenvalue weighted by Gasteiger charge is -2.10. The molecule has 0 aliphatic heterocycles. The molecule has 0 fully saturated rings. The quantitative estimate of drug-likeness (QED) is 0.494. The summed E-state index contributed by atoms with van der Waals surface area (Å²) in [5, 5.41) is 9.08. The van der Waals surface area contributed by atoms with Gasteiger partial charge >= 0.3 is 0 Å². The molecule has 1 heterocycles. The van der Waals surface area contributed by atoms with Gasteiger partial charge in [-0.25, -0.2) is 0 Å². The van der Waals surface area contributed by atoms with Crippen LogP contribution in [0.3, 0.4) is 0 Å². The summed E-state index contributed by atoms with van der Waals surface area (Å²) in [6, 6.07) is 21.5. The summed E-state index contributed by atoms with van der Waals surface area (Å²) in [6.45, 7) is 4.17. The minimum Gasteiger partial charge on any atom is -0.489 e. The maximum atomic E-state index is 12.5. The van der Waals surface area contributed by atoms with E-state index in [1.165, 1.54) is 0 Å². The summed E-state index contributed by atoms with van der Waals surface area (Å²) in [4.78, 5) is 12.5. The molecule has 1 aromatic heterocycles. The number of carbonyl (C=O) groups is 1. The number of anilines is 1. The van der Waals surface area contributed by atoms with E-state index < -0.39 is 0 Å². The number of nitrogens with one attached hydrogen (secondary N) is 1. The lowest BCUT2D eigenvalue weighted by Crippen LogP contribution is -2.14. The highest BCUT2D eigenvalue weighted by molar-refractivity contribution is 6.02. The topological polar surface area (TPSA) is 64.4 Å². The van der Waals surface area contributed by atoms with E-state index in [0.717, 1.165) is 44.8 Å². The van der Waals surface area contributed by atoms with Crippen LogP contribution in [0, 0.1) is 13.8 Å². The Morgan fingerprint density at radius 3 is 2.52 bits per heavy atom. The first-order valence-electron chi connectivity index (χ1n) is 9.51. The van der Waals surface area contributed by atoms with Crippen molar-refractivity contribution < 1.29 is 14.1 Å². The number of nitrogens with zero attached hydrogens (tertiary/aromatic N) is 1. The van der Waals surface area contributed by atoms with Crippen LogP contribution in [0.4, 0.5) is 5.69 Å². The van der Waals surface area contributed by atoms with Crippen molar-refractivity contribution in [1.82, 2.24) is 5.16 Å². The predicted octanol–water partition coefficient (Wildman–Crippen LogP) is 5.20. The van der Waals surface area contributed by atoms with Gasteiger partial charge in [0.05, 0.1) is 17.7 Å². The standard InChI is InChI=1S/C24H22N2O3/c1-16-22(17(2)29-26-16)15-28-20-12-10-18(11-13-20)14-24(27)25-23-9-5-7-19-6-3-4-8-21(19)23/h3-13H,14-15H2,1-2H3,(H,25,27). The van der Waals surface area contributed by atoms with Crippen molar-refractivity contribution in [3.63, 3.8) is 0 Å². The minimum atomic E-state index is -0.0502. The Morgan fingerprint density at radius 1 is 1.00 bits per heavy atom. The number of hydrogen-bond acceptors (Lipinski definition) is 4. The van der Waals surface area contributed by atoms with Gasteiger partial charge in [0.1, 0.15) is 18.1 Å². The van der Waals surface area contributed by atoms with E-state index in [0.29, 0.717) is 13.0 Å². The second-order valence-corrected chi connectivity index (χ2v) is 6.99. The molecule has 0 saturated heterocycles. The Kier molecular flexibility index (Phi) is 5.29. The van der Waals surface area contributed by atoms with Crippen LogP contribution >= 0.6 is 0 Å². The van der Waals surface area contributed by atoms with Gasteiger partial charge in [0.2, 0.25) is 5.91 Å². The first-order valence-corrected chi connectivity index (χ1v) is 9.51. The highest BCUT2D eigenvalue weighted by Gasteiger charge is 2.10. The van der Waals surface area contributed by atoms with E-state index in [1.807, 2.05) is 80.6 Å². The van der Waals surface area contributed by atoms with Crippen molar-refractivity contribution in [3.05, 3.63) is 89.3 Å². The third-order valence-electron chi connectivity index (χ3n) is 4.92. The van der Waals surface area contributed by atoms with E-state index in [4.69, 9.17) is 9.26 Å². The molecule has 1 N–H and O–H groups in total. The normalized spacial score (nSPS) is 10.8. The van der Waals surface area contributed by atoms with Crippen molar-refractivity contribution in [3.8, 4) is 5.75 Å². The van der Waals surface area contributed by atoms with Gasteiger partial charge in [-0.2, -0.15) is 0 Å². The fourth-order valence-electron chi connectivity index (χ4n) is 3.28. The average molecular weight is 386 g/mol. The zero-order valence-electron chi connectivity index (χ0n) is 16.4. The number of aryl methyl sites for hydroxylation is 2. The second-order valence-electron chi connectivity index (χ2n) is 6.99. The van der Waals surface area contributed by atoms with Crippen molar-refractivity contribution in [2.75, 3.05) is 5.32 Å². The molecule has 0 atom stereocenters. The number of rotatable bonds is 6. The fraction of sp³-hybridized carbons (Fsp3) is 0.167. The van der Waals surface area contributed by atoms with E-state index in [1.54, 1.807) is 0 Å². The Bertz CT molecular complexity index is 1120. The van der Waals surface area contributed by atoms with E-state index in [2.05, 4.69) is 10.5 Å². The van der Waals surface area contributed by atoms with Gasteiger partial charge in [-0.1, -0.05) is 53.7 Å². The van der Waals surface area contributed by atoms with Crippen molar-refractivity contribution in [1.29, 1.82) is 0 Å². The number of ether oxygens (including phenoxy) is 1. The minimum absolute atomic E-state index is 0.0502. The molecule has 146 valence electrons. The van der Waals surface area contributed by atoms with E-state index in [9.17, 15) is 4.79 Å². The molecule has 0 radical (unpaired) electrons. The van der Waals surface area contributed by atoms with Gasteiger partial charge < -0.3 is 14.6 Å². The number of carbonyl (C=O) groups excluding carboxylic acids is 1. The molecule has 0 spiro atoms. The van der Waals surface area contributed by atoms with Gasteiger partial charge in [-0.05, 0) is 43.0 Å². The predicted molar refractivity (Wildman–Crippen MR) is 113 cm³/mol. The Morgan fingerprint density at radius 2 is 1.76 bits per heavy atom. The number of amides is 1. The van der Waals surface area contributed by atoms with Crippen LogP contribution in [-0.4, -0.2) is 11.1 Å². The molecule has 1 amide bonds. The highest BCUT2D eigenvalue weighted by Crippen LogP contribution is 2.23. The first kappa shape index (κ1) is 18.7. The maximum Gasteiger partial charge on any atom is 0.228 e. The summed E-state index contributed by atoms with van der Waals surface area (Å²) >= 11 is 0. The SMILES string of the molecule is Cc1noc(C)c1COc1ccc(CC(=O)Nc2cccc3ccccc23)cc1. The molecule has 4 rings (SSSR count). The molecular formula is C24H22N2O3. The monoisotopic (exact) mass is 386 g/mol. The number of benzene rings is 3. The summed E-state index contributed by atoms with van der Waals surface area (Å²) in [6.07, 6.45) is 0.299. The third kappa shape index (κ3) is 4.29. The van der Waals surface area contributed by atoms with Crippen LogP contribution in [0.1, 0.15) is 22.6 Å². The molecule has 0 aliphatic rings. The Labute approximate surface area is 169 Å². The summed E-state index contributed by atoms with van der Waals surface area (Å²) in [5.41, 5.74) is 3.55. The van der Waals surface area contributed by atoms with Crippen molar-refractivity contribution in [2.45, 2.75) is 26.9 Å². The van der Waals surface area contributed by atoms with Crippen LogP contribution in [0.25, 0.3) is 10.8 Å². The second kappa shape index (κ2) is 8.19. The molecule has 0 aliphatic carbocycles. The Balaban J connectivity index is 1.37. The van der Waals surface area contributed by atoms with Gasteiger partial charge in [0.15, 0.2) is 0 Å². The van der Waals surface area contributed by atoms with E-state index in [-0.39, 0.29) is 5.91 Å². The molecule has 5 heteroatoms. The van der Waals surface area contributed by atoms with Crippen molar-refractivity contribution in [2.24, 2.45) is 0 Å². The summed E-state index contributed by atoms with van der Waals surface area (Å²) in [7, 11) is 0. The molecule has 0 saturated carbocycles. The van der Waals surface area contributed by atoms with Crippen LogP contribution < -0.4 is 10.1 Å². The number of fused-ring (bicyclic) bond motifs is 1. The van der Waals surface area contributed by atoms with E-state index >= 15 is 0 Å². The molecule has 0 unspecified atom stereocenters. The average Bonchev–Trinajstić information content (AvgIpc) is 3.05. The zero-order valence-corrected chi connectivity index (χ0v) is 16.4. The van der Waals surface area contributed by atoms with Crippen molar-refractivity contribution >= 4 is 22.4 Å². The molecule has 3 aromatic carbocycles. The maximum absolute atomic E-state index is 12.5. The highest BCUT2D eigenvalue weighted by atomic mass is 16.5. The first-order chi connectivity index (χ1) is 14.1. The molecule has 0 bridgehead atoms. The third-order valence-corrected chi connectivity index (χ3v) is 4.92. The number of aromatic nitrogens is 1. The Hall–Kier alpha value is -3.60. The molecule has 4 aromatic rings. The number of hydrogen-bond donors (Lipinski definition) is 1. The van der Waals surface area contributed by atoms with Crippen LogP contribution in [-0.2, 0) is 17.8 Å². The van der Waals surface area contributed by atoms with Crippen LogP contribution in [0.2, 0.25) is 0 Å². The van der Waals surface area contributed by atoms with Gasteiger partial charge in [0.25, 0.3) is 0 Å². The zero-order chi connectivity index (χ0) is 20.2. The lowest BCUT2D eigenvalue weighted by atomic mass is 10.1. The van der Waals surface area contributed by atoms with Gasteiger partial charge in [-0.15, -0.1) is 0 Å².